The van der Waals surface area contributed by atoms with Gasteiger partial charge in [0.05, 0.1) is 0 Å². The lowest BCUT2D eigenvalue weighted by molar-refractivity contribution is -0.124. The fourth-order valence-corrected chi connectivity index (χ4v) is 2.30. The van der Waals surface area contributed by atoms with Gasteiger partial charge in [-0.15, -0.1) is 0 Å². The standard InChI is InChI=1S/C13H23N3O2/c17-12(9-10-3-5-14-6-4-10)15-7-8-16-13(18)11-1-2-11/h10-11,14H,1-9H2,(H,15,17)(H,16,18). The molecule has 0 atom stereocenters. The third-order valence-corrected chi connectivity index (χ3v) is 3.63. The van der Waals surface area contributed by atoms with Crippen LogP contribution in [-0.2, 0) is 9.59 Å². The van der Waals surface area contributed by atoms with Crippen molar-refractivity contribution in [2.75, 3.05) is 26.2 Å². The Bertz CT molecular complexity index is 297. The number of rotatable bonds is 6. The molecule has 0 spiro atoms. The van der Waals surface area contributed by atoms with Crippen molar-refractivity contribution in [2.24, 2.45) is 11.8 Å². The molecular formula is C13H23N3O2. The third kappa shape index (κ3) is 4.64. The van der Waals surface area contributed by atoms with E-state index < -0.39 is 0 Å². The van der Waals surface area contributed by atoms with Crippen molar-refractivity contribution in [3.63, 3.8) is 0 Å². The van der Waals surface area contributed by atoms with E-state index in [1.807, 2.05) is 0 Å². The van der Waals surface area contributed by atoms with Gasteiger partial charge < -0.3 is 16.0 Å². The molecule has 1 aliphatic carbocycles. The largest absolute Gasteiger partial charge is 0.354 e. The van der Waals surface area contributed by atoms with Crippen molar-refractivity contribution in [1.82, 2.24) is 16.0 Å². The molecule has 1 saturated carbocycles. The van der Waals surface area contributed by atoms with Crippen molar-refractivity contribution in [3.8, 4) is 0 Å². The first kappa shape index (κ1) is 13.3. The van der Waals surface area contributed by atoms with Crippen LogP contribution in [0.2, 0.25) is 0 Å². The van der Waals surface area contributed by atoms with E-state index in [1.165, 1.54) is 0 Å². The van der Waals surface area contributed by atoms with Crippen molar-refractivity contribution in [1.29, 1.82) is 0 Å². The molecule has 2 fully saturated rings. The summed E-state index contributed by atoms with van der Waals surface area (Å²) < 4.78 is 0. The van der Waals surface area contributed by atoms with E-state index in [-0.39, 0.29) is 17.7 Å². The van der Waals surface area contributed by atoms with Crippen LogP contribution < -0.4 is 16.0 Å². The van der Waals surface area contributed by atoms with Crippen LogP contribution in [0.3, 0.4) is 0 Å². The molecule has 0 aromatic carbocycles. The number of nitrogens with one attached hydrogen (secondary N) is 3. The van der Waals surface area contributed by atoms with Crippen LogP contribution >= 0.6 is 0 Å². The zero-order chi connectivity index (χ0) is 12.8. The van der Waals surface area contributed by atoms with Crippen LogP contribution in [0.25, 0.3) is 0 Å². The summed E-state index contributed by atoms with van der Waals surface area (Å²) in [6, 6.07) is 0. The number of piperidine rings is 1. The van der Waals surface area contributed by atoms with Crippen molar-refractivity contribution in [3.05, 3.63) is 0 Å². The zero-order valence-corrected chi connectivity index (χ0v) is 10.8. The summed E-state index contributed by atoms with van der Waals surface area (Å²) in [5.74, 6) is 1.02. The molecular weight excluding hydrogens is 230 g/mol. The summed E-state index contributed by atoms with van der Waals surface area (Å²) in [6.07, 6.45) is 4.84. The Balaban J connectivity index is 1.49. The van der Waals surface area contributed by atoms with E-state index in [0.717, 1.165) is 38.8 Å². The van der Waals surface area contributed by atoms with Crippen LogP contribution in [0.1, 0.15) is 32.1 Å². The van der Waals surface area contributed by atoms with Crippen molar-refractivity contribution < 1.29 is 9.59 Å². The van der Waals surface area contributed by atoms with E-state index in [0.29, 0.717) is 25.4 Å². The number of hydrogen-bond donors (Lipinski definition) is 3. The van der Waals surface area contributed by atoms with Gasteiger partial charge in [0.25, 0.3) is 0 Å². The fourth-order valence-electron chi connectivity index (χ4n) is 2.30. The molecule has 5 nitrogen and oxygen atoms in total. The van der Waals surface area contributed by atoms with Gasteiger partial charge in [0.2, 0.25) is 11.8 Å². The Labute approximate surface area is 108 Å². The van der Waals surface area contributed by atoms with E-state index in [4.69, 9.17) is 0 Å². The number of carbonyl (C=O) groups excluding carboxylic acids is 2. The predicted molar refractivity (Wildman–Crippen MR) is 69.0 cm³/mol. The third-order valence-electron chi connectivity index (χ3n) is 3.63. The summed E-state index contributed by atoms with van der Waals surface area (Å²) in [7, 11) is 0. The van der Waals surface area contributed by atoms with Crippen LogP contribution in [0.15, 0.2) is 0 Å². The second kappa shape index (κ2) is 6.73. The molecule has 0 aromatic heterocycles. The van der Waals surface area contributed by atoms with Gasteiger partial charge in [-0.05, 0) is 44.7 Å². The van der Waals surface area contributed by atoms with Crippen molar-refractivity contribution in [2.45, 2.75) is 32.1 Å². The minimum absolute atomic E-state index is 0.113. The first-order valence-electron chi connectivity index (χ1n) is 7.01. The number of amides is 2. The monoisotopic (exact) mass is 253 g/mol. The molecule has 18 heavy (non-hydrogen) atoms. The average Bonchev–Trinajstić information content (AvgIpc) is 3.20. The molecule has 0 bridgehead atoms. The van der Waals surface area contributed by atoms with E-state index in [1.54, 1.807) is 0 Å². The summed E-state index contributed by atoms with van der Waals surface area (Å²) in [6.45, 7) is 3.14. The van der Waals surface area contributed by atoms with E-state index in [2.05, 4.69) is 16.0 Å². The highest BCUT2D eigenvalue weighted by atomic mass is 16.2. The summed E-state index contributed by atoms with van der Waals surface area (Å²) >= 11 is 0. The predicted octanol–water partition coefficient (Wildman–Crippen LogP) is 0.0185. The normalized spacial score (nSPS) is 20.4. The fraction of sp³-hybridized carbons (Fsp3) is 0.846. The molecule has 2 aliphatic rings. The van der Waals surface area contributed by atoms with E-state index >= 15 is 0 Å². The van der Waals surface area contributed by atoms with Crippen LogP contribution in [0.4, 0.5) is 0 Å². The SMILES string of the molecule is O=C(CC1CCNCC1)NCCNC(=O)C1CC1. The Hall–Kier alpha value is -1.10. The highest BCUT2D eigenvalue weighted by molar-refractivity contribution is 5.81. The van der Waals surface area contributed by atoms with Gasteiger partial charge in [0.1, 0.15) is 0 Å². The summed E-state index contributed by atoms with van der Waals surface area (Å²) in [4.78, 5) is 23.0. The van der Waals surface area contributed by atoms with Crippen LogP contribution in [0.5, 0.6) is 0 Å². The first-order valence-corrected chi connectivity index (χ1v) is 7.01. The zero-order valence-electron chi connectivity index (χ0n) is 10.8. The topological polar surface area (TPSA) is 70.2 Å². The highest BCUT2D eigenvalue weighted by Gasteiger charge is 2.29. The molecule has 2 amide bonds. The van der Waals surface area contributed by atoms with Gasteiger partial charge >= 0.3 is 0 Å². The maximum atomic E-state index is 11.7. The van der Waals surface area contributed by atoms with Crippen molar-refractivity contribution >= 4 is 11.8 Å². The Kier molecular flexibility index (Phi) is 4.99. The second-order valence-corrected chi connectivity index (χ2v) is 5.31. The minimum atomic E-state index is 0.113. The van der Waals surface area contributed by atoms with Gasteiger partial charge in [0, 0.05) is 25.4 Å². The second-order valence-electron chi connectivity index (χ2n) is 5.31. The van der Waals surface area contributed by atoms with Crippen LogP contribution in [-0.4, -0.2) is 38.0 Å². The van der Waals surface area contributed by atoms with Gasteiger partial charge in [-0.2, -0.15) is 0 Å². The molecule has 1 aliphatic heterocycles. The molecule has 0 aromatic rings. The van der Waals surface area contributed by atoms with Gasteiger partial charge in [-0.1, -0.05) is 0 Å². The average molecular weight is 253 g/mol. The molecule has 1 heterocycles. The summed E-state index contributed by atoms with van der Waals surface area (Å²) in [5, 5.41) is 9.00. The lowest BCUT2D eigenvalue weighted by Gasteiger charge is -2.21. The van der Waals surface area contributed by atoms with Crippen LogP contribution in [0, 0.1) is 11.8 Å². The highest BCUT2D eigenvalue weighted by Crippen LogP contribution is 2.28. The molecule has 3 N–H and O–H groups in total. The maximum absolute atomic E-state index is 11.7. The van der Waals surface area contributed by atoms with Gasteiger partial charge in [-0.25, -0.2) is 0 Å². The quantitative estimate of drug-likeness (QED) is 0.584. The molecule has 0 radical (unpaired) electrons. The molecule has 2 rings (SSSR count). The molecule has 1 saturated heterocycles. The maximum Gasteiger partial charge on any atom is 0.223 e. The Morgan fingerprint density at radius 3 is 2.33 bits per heavy atom. The summed E-state index contributed by atoms with van der Waals surface area (Å²) in [5.41, 5.74) is 0. The lowest BCUT2D eigenvalue weighted by atomic mass is 9.94. The smallest absolute Gasteiger partial charge is 0.223 e. The molecule has 5 heteroatoms. The molecule has 0 unspecified atom stereocenters. The van der Waals surface area contributed by atoms with Gasteiger partial charge in [0.15, 0.2) is 0 Å². The first-order chi connectivity index (χ1) is 8.75. The Morgan fingerprint density at radius 2 is 1.67 bits per heavy atom. The number of carbonyl (C=O) groups is 2. The Morgan fingerprint density at radius 1 is 1.00 bits per heavy atom. The van der Waals surface area contributed by atoms with Gasteiger partial charge in [-0.3, -0.25) is 9.59 Å². The minimum Gasteiger partial charge on any atom is -0.354 e. The number of hydrogen-bond acceptors (Lipinski definition) is 3. The molecule has 102 valence electrons. The van der Waals surface area contributed by atoms with E-state index in [9.17, 15) is 9.59 Å². The lowest BCUT2D eigenvalue weighted by Crippen LogP contribution is -2.37.